The number of benzene rings is 1. The van der Waals surface area contributed by atoms with Crippen molar-refractivity contribution in [2.24, 2.45) is 5.92 Å². The van der Waals surface area contributed by atoms with Gasteiger partial charge in [0, 0.05) is 41.6 Å². The highest BCUT2D eigenvalue weighted by molar-refractivity contribution is 8.13. The Morgan fingerprint density at radius 3 is 2.39 bits per heavy atom. The van der Waals surface area contributed by atoms with Gasteiger partial charge in [0.05, 0.1) is 21.9 Å². The number of hydrogen-bond donors (Lipinski definition) is 0. The molecule has 0 N–H and O–H groups in total. The summed E-state index contributed by atoms with van der Waals surface area (Å²) in [6.07, 6.45) is 5.76. The summed E-state index contributed by atoms with van der Waals surface area (Å²) in [5.74, 6) is -0.0177. The Hall–Kier alpha value is -2.61. The zero-order valence-electron chi connectivity index (χ0n) is 17.9. The smallest absolute Gasteiger partial charge is 0.269 e. The maximum absolute atomic E-state index is 13.2. The number of anilines is 1. The van der Waals surface area contributed by atoms with Gasteiger partial charge in [-0.3, -0.25) is 0 Å². The van der Waals surface area contributed by atoms with Gasteiger partial charge < -0.3 is 4.90 Å². The van der Waals surface area contributed by atoms with Crippen molar-refractivity contribution >= 4 is 46.5 Å². The van der Waals surface area contributed by atoms with Crippen molar-refractivity contribution in [3.8, 4) is 6.07 Å². The molecule has 0 radical (unpaired) electrons. The van der Waals surface area contributed by atoms with E-state index in [0.29, 0.717) is 29.5 Å². The molecule has 2 heterocycles. The van der Waals surface area contributed by atoms with Crippen molar-refractivity contribution in [3.63, 3.8) is 0 Å². The summed E-state index contributed by atoms with van der Waals surface area (Å²) < 4.78 is 50.3. The summed E-state index contributed by atoms with van der Waals surface area (Å²) in [7, 11) is -0.0962. The van der Waals surface area contributed by atoms with E-state index in [2.05, 4.69) is 11.1 Å². The van der Waals surface area contributed by atoms with Gasteiger partial charge in [-0.15, -0.1) is 0 Å². The van der Waals surface area contributed by atoms with E-state index in [1.807, 2.05) is 11.9 Å². The van der Waals surface area contributed by atoms with Gasteiger partial charge in [0.2, 0.25) is 9.05 Å². The van der Waals surface area contributed by atoms with Crippen LogP contribution in [0.2, 0.25) is 0 Å². The topological polar surface area (TPSA) is 113 Å². The zero-order valence-corrected chi connectivity index (χ0v) is 20.3. The van der Waals surface area contributed by atoms with Crippen molar-refractivity contribution in [1.82, 2.24) is 8.96 Å². The van der Waals surface area contributed by atoms with E-state index in [0.717, 1.165) is 16.8 Å². The lowest BCUT2D eigenvalue weighted by Gasteiger charge is -2.36. The van der Waals surface area contributed by atoms with Crippen molar-refractivity contribution in [1.29, 1.82) is 5.26 Å². The van der Waals surface area contributed by atoms with Gasteiger partial charge in [0.15, 0.2) is 5.65 Å². The maximum atomic E-state index is 13.2. The molecule has 174 valence electrons. The molecule has 1 aliphatic carbocycles. The lowest BCUT2D eigenvalue weighted by atomic mass is 9.86. The van der Waals surface area contributed by atoms with E-state index in [9.17, 15) is 22.1 Å². The van der Waals surface area contributed by atoms with Crippen LogP contribution in [0.4, 0.5) is 5.69 Å². The van der Waals surface area contributed by atoms with Crippen molar-refractivity contribution < 1.29 is 16.8 Å². The van der Waals surface area contributed by atoms with Gasteiger partial charge in [-0.05, 0) is 49.8 Å². The van der Waals surface area contributed by atoms with Crippen LogP contribution in [0, 0.1) is 17.2 Å². The Kier molecular flexibility index (Phi) is 6.40. The lowest BCUT2D eigenvalue weighted by Crippen LogP contribution is -2.36. The monoisotopic (exact) mass is 506 g/mol. The SMILES string of the molecule is CN(c1c(C#N)cnc2c1ccn2S(=O)(=O)c1ccccc1)C1CCC(CS(=O)(=O)Cl)CC1. The van der Waals surface area contributed by atoms with Gasteiger partial charge in [0.1, 0.15) is 6.07 Å². The number of fused-ring (bicyclic) bond motifs is 1. The van der Waals surface area contributed by atoms with Crippen LogP contribution in [0.5, 0.6) is 0 Å². The Balaban J connectivity index is 1.69. The highest BCUT2D eigenvalue weighted by atomic mass is 35.7. The standard InChI is InChI=1S/C22H23ClN4O4S2/c1-26(18-9-7-16(8-10-18)15-32(23,28)29)21-17(13-24)14-25-22-20(21)11-12-27(22)33(30,31)19-5-3-2-4-6-19/h2-6,11-12,14,16,18H,7-10,15H2,1H3. The van der Waals surface area contributed by atoms with E-state index in [1.54, 1.807) is 24.3 Å². The normalized spacial score (nSPS) is 19.3. The average molecular weight is 507 g/mol. The summed E-state index contributed by atoms with van der Waals surface area (Å²) in [4.78, 5) is 6.44. The van der Waals surface area contributed by atoms with Crippen LogP contribution in [0.15, 0.2) is 53.7 Å². The summed E-state index contributed by atoms with van der Waals surface area (Å²) in [5.41, 5.74) is 1.23. The minimum atomic E-state index is -3.85. The summed E-state index contributed by atoms with van der Waals surface area (Å²) in [6, 6.07) is 12.0. The summed E-state index contributed by atoms with van der Waals surface area (Å²) in [5, 5.41) is 10.3. The predicted octanol–water partition coefficient (Wildman–Crippen LogP) is 3.71. The molecule has 8 nitrogen and oxygen atoms in total. The second-order valence-corrected chi connectivity index (χ2v) is 12.9. The third kappa shape index (κ3) is 4.71. The lowest BCUT2D eigenvalue weighted by molar-refractivity contribution is 0.342. The number of hydrogen-bond acceptors (Lipinski definition) is 7. The molecule has 1 saturated carbocycles. The first-order chi connectivity index (χ1) is 15.6. The molecule has 2 aromatic heterocycles. The van der Waals surface area contributed by atoms with Crippen LogP contribution in [0.1, 0.15) is 31.2 Å². The molecule has 1 aliphatic rings. The minimum absolute atomic E-state index is 0.0159. The van der Waals surface area contributed by atoms with Gasteiger partial charge in [0.25, 0.3) is 10.0 Å². The van der Waals surface area contributed by atoms with Gasteiger partial charge >= 0.3 is 0 Å². The number of nitriles is 1. The number of rotatable bonds is 6. The van der Waals surface area contributed by atoms with E-state index >= 15 is 0 Å². The molecule has 0 amide bonds. The molecule has 0 unspecified atom stereocenters. The summed E-state index contributed by atoms with van der Waals surface area (Å²) in [6.45, 7) is 0. The van der Waals surface area contributed by atoms with Crippen LogP contribution in [0.25, 0.3) is 11.0 Å². The third-order valence-electron chi connectivity index (χ3n) is 6.22. The molecule has 0 bridgehead atoms. The van der Waals surface area contributed by atoms with E-state index in [1.165, 1.54) is 24.5 Å². The molecule has 0 aliphatic heterocycles. The predicted molar refractivity (Wildman–Crippen MR) is 127 cm³/mol. The molecule has 4 rings (SSSR count). The Labute approximate surface area is 197 Å². The van der Waals surface area contributed by atoms with Crippen LogP contribution < -0.4 is 4.90 Å². The number of halogens is 1. The molecular formula is C22H23ClN4O4S2. The van der Waals surface area contributed by atoms with Crippen LogP contribution >= 0.6 is 10.7 Å². The van der Waals surface area contributed by atoms with Crippen LogP contribution in [0.3, 0.4) is 0 Å². The fraction of sp³-hybridized carbons (Fsp3) is 0.364. The fourth-order valence-corrected chi connectivity index (χ4v) is 7.33. The Morgan fingerprint density at radius 2 is 1.79 bits per heavy atom. The second-order valence-electron chi connectivity index (χ2n) is 8.29. The molecule has 33 heavy (non-hydrogen) atoms. The first kappa shape index (κ1) is 23.5. The number of nitrogens with zero attached hydrogens (tertiary/aromatic N) is 4. The second kappa shape index (κ2) is 8.97. The van der Waals surface area contributed by atoms with Gasteiger partial charge in [-0.2, -0.15) is 5.26 Å². The zero-order chi connectivity index (χ0) is 23.8. The van der Waals surface area contributed by atoms with E-state index < -0.39 is 19.1 Å². The van der Waals surface area contributed by atoms with E-state index in [4.69, 9.17) is 10.7 Å². The maximum Gasteiger partial charge on any atom is 0.269 e. The van der Waals surface area contributed by atoms with Crippen molar-refractivity contribution in [2.45, 2.75) is 36.6 Å². The molecule has 11 heteroatoms. The molecule has 0 saturated heterocycles. The first-order valence-electron chi connectivity index (χ1n) is 10.5. The van der Waals surface area contributed by atoms with Crippen molar-refractivity contribution in [3.05, 3.63) is 54.4 Å². The quantitative estimate of drug-likeness (QED) is 0.468. The van der Waals surface area contributed by atoms with E-state index in [-0.39, 0.29) is 28.3 Å². The van der Waals surface area contributed by atoms with Crippen molar-refractivity contribution in [2.75, 3.05) is 17.7 Å². The molecule has 3 aromatic rings. The Bertz CT molecular complexity index is 1420. The molecule has 1 fully saturated rings. The molecule has 0 atom stereocenters. The average Bonchev–Trinajstić information content (AvgIpc) is 3.23. The highest BCUT2D eigenvalue weighted by Gasteiger charge is 2.30. The number of aromatic nitrogens is 2. The van der Waals surface area contributed by atoms with Crippen LogP contribution in [-0.4, -0.2) is 44.6 Å². The summed E-state index contributed by atoms with van der Waals surface area (Å²) >= 11 is 0. The first-order valence-corrected chi connectivity index (χ1v) is 14.4. The van der Waals surface area contributed by atoms with Gasteiger partial charge in [-0.25, -0.2) is 25.8 Å². The fourth-order valence-electron chi connectivity index (χ4n) is 4.57. The number of pyridine rings is 1. The van der Waals surface area contributed by atoms with Gasteiger partial charge in [-0.1, -0.05) is 18.2 Å². The molecular weight excluding hydrogens is 484 g/mol. The Morgan fingerprint density at radius 1 is 1.12 bits per heavy atom. The highest BCUT2D eigenvalue weighted by Crippen LogP contribution is 2.36. The third-order valence-corrected chi connectivity index (χ3v) is 9.15. The molecule has 1 aromatic carbocycles. The molecule has 0 spiro atoms. The minimum Gasteiger partial charge on any atom is -0.370 e. The largest absolute Gasteiger partial charge is 0.370 e. The van der Waals surface area contributed by atoms with Crippen LogP contribution in [-0.2, 0) is 19.1 Å².